The molecule has 0 atom stereocenters. The minimum Gasteiger partial charge on any atom is -0.493 e. The number of benzene rings is 3. The van der Waals surface area contributed by atoms with Gasteiger partial charge in [-0.25, -0.2) is 4.79 Å². The van der Waals surface area contributed by atoms with Crippen molar-refractivity contribution in [2.45, 2.75) is 6.92 Å². The lowest BCUT2D eigenvalue weighted by Gasteiger charge is -2.11. The number of carbonyl (C=O) groups is 1. The Kier molecular flexibility index (Phi) is 6.33. The smallest absolute Gasteiger partial charge is 0.343 e. The molecule has 4 nitrogen and oxygen atoms in total. The molecule has 0 unspecified atom stereocenters. The van der Waals surface area contributed by atoms with Gasteiger partial charge in [0.05, 0.1) is 24.3 Å². The molecule has 0 radical (unpaired) electrons. The van der Waals surface area contributed by atoms with Crippen LogP contribution in [0.15, 0.2) is 66.7 Å². The Morgan fingerprint density at radius 1 is 1.03 bits per heavy atom. The first-order valence-electron chi connectivity index (χ1n) is 8.85. The van der Waals surface area contributed by atoms with Crippen LogP contribution in [0.5, 0.6) is 11.5 Å². The lowest BCUT2D eigenvalue weighted by atomic mass is 10.0. The number of esters is 1. The number of rotatable bonds is 5. The van der Waals surface area contributed by atoms with Gasteiger partial charge in [-0.2, -0.15) is 5.26 Å². The van der Waals surface area contributed by atoms with Crippen LogP contribution in [0.1, 0.15) is 27.0 Å². The number of hydrogen-bond donors (Lipinski definition) is 0. The summed E-state index contributed by atoms with van der Waals surface area (Å²) in [5.41, 5.74) is 3.30. The summed E-state index contributed by atoms with van der Waals surface area (Å²) in [6, 6.07) is 21.6. The fourth-order valence-corrected chi connectivity index (χ4v) is 2.92. The van der Waals surface area contributed by atoms with Crippen molar-refractivity contribution in [1.82, 2.24) is 0 Å². The van der Waals surface area contributed by atoms with Gasteiger partial charge >= 0.3 is 5.97 Å². The summed E-state index contributed by atoms with van der Waals surface area (Å²) < 4.78 is 10.9. The van der Waals surface area contributed by atoms with Gasteiger partial charge in [-0.3, -0.25) is 0 Å². The molecule has 0 heterocycles. The second-order valence-corrected chi connectivity index (χ2v) is 6.73. The van der Waals surface area contributed by atoms with Crippen molar-refractivity contribution < 1.29 is 14.3 Å². The first kappa shape index (κ1) is 20.2. The molecule has 0 N–H and O–H groups in total. The van der Waals surface area contributed by atoms with Crippen molar-refractivity contribution in [3.05, 3.63) is 94.0 Å². The Morgan fingerprint density at radius 2 is 1.76 bits per heavy atom. The monoisotopic (exact) mass is 403 g/mol. The first-order valence-corrected chi connectivity index (χ1v) is 9.23. The topological polar surface area (TPSA) is 59.3 Å². The molecule has 0 aliphatic heterocycles. The maximum atomic E-state index is 12.5. The maximum Gasteiger partial charge on any atom is 0.343 e. The van der Waals surface area contributed by atoms with E-state index < -0.39 is 5.97 Å². The fraction of sp³-hybridized carbons (Fsp3) is 0.0833. The zero-order valence-corrected chi connectivity index (χ0v) is 16.7. The van der Waals surface area contributed by atoms with Crippen LogP contribution in [0.2, 0.25) is 5.02 Å². The van der Waals surface area contributed by atoms with Crippen LogP contribution in [0.25, 0.3) is 11.6 Å². The van der Waals surface area contributed by atoms with Gasteiger partial charge in [0.25, 0.3) is 0 Å². The van der Waals surface area contributed by atoms with E-state index in [1.807, 2.05) is 19.1 Å². The number of nitriles is 1. The van der Waals surface area contributed by atoms with Gasteiger partial charge in [0.2, 0.25) is 0 Å². The molecule has 0 fully saturated rings. The second-order valence-electron chi connectivity index (χ2n) is 6.29. The predicted octanol–water partition coefficient (Wildman–Crippen LogP) is 5.94. The summed E-state index contributed by atoms with van der Waals surface area (Å²) in [6.07, 6.45) is 1.73. The second kappa shape index (κ2) is 9.09. The molecule has 5 heteroatoms. The molecule has 0 amide bonds. The quantitative estimate of drug-likeness (QED) is 0.229. The zero-order valence-electron chi connectivity index (χ0n) is 16.0. The van der Waals surface area contributed by atoms with Crippen LogP contribution in [-0.2, 0) is 0 Å². The van der Waals surface area contributed by atoms with Crippen molar-refractivity contribution in [1.29, 1.82) is 5.26 Å². The van der Waals surface area contributed by atoms with Gasteiger partial charge in [0, 0.05) is 5.02 Å². The van der Waals surface area contributed by atoms with E-state index in [1.165, 1.54) is 7.11 Å². The van der Waals surface area contributed by atoms with E-state index in [2.05, 4.69) is 6.07 Å². The molecule has 144 valence electrons. The Balaban J connectivity index is 1.88. The van der Waals surface area contributed by atoms with Crippen molar-refractivity contribution in [2.75, 3.05) is 7.11 Å². The summed E-state index contributed by atoms with van der Waals surface area (Å²) in [6.45, 7) is 1.85. The standard InChI is InChI=1S/C24H18ClNO3/c1-16-5-3-4-6-21(16)24(27)29-22-12-7-17(14-23(22)28-2)13-19(15-26)18-8-10-20(25)11-9-18/h3-14H,1-2H3/b19-13-. The summed E-state index contributed by atoms with van der Waals surface area (Å²) >= 11 is 5.91. The van der Waals surface area contributed by atoms with E-state index in [9.17, 15) is 10.1 Å². The molecule has 0 bridgehead atoms. The molecule has 0 saturated heterocycles. The van der Waals surface area contributed by atoms with E-state index in [1.54, 1.807) is 60.7 Å². The molecule has 0 spiro atoms. The number of hydrogen-bond acceptors (Lipinski definition) is 4. The number of nitrogens with zero attached hydrogens (tertiary/aromatic N) is 1. The number of ether oxygens (including phenoxy) is 2. The predicted molar refractivity (Wildman–Crippen MR) is 114 cm³/mol. The van der Waals surface area contributed by atoms with Gasteiger partial charge in [-0.1, -0.05) is 48.0 Å². The van der Waals surface area contributed by atoms with E-state index in [0.717, 1.165) is 16.7 Å². The summed E-state index contributed by atoms with van der Waals surface area (Å²) in [7, 11) is 1.50. The number of aryl methyl sites for hydroxylation is 1. The number of methoxy groups -OCH3 is 1. The van der Waals surface area contributed by atoms with Crippen LogP contribution in [0, 0.1) is 18.3 Å². The first-order chi connectivity index (χ1) is 14.0. The highest BCUT2D eigenvalue weighted by atomic mass is 35.5. The Hall–Kier alpha value is -3.55. The third-order valence-corrected chi connectivity index (χ3v) is 4.59. The van der Waals surface area contributed by atoms with Gasteiger partial charge in [-0.15, -0.1) is 0 Å². The average molecular weight is 404 g/mol. The zero-order chi connectivity index (χ0) is 20.8. The van der Waals surface area contributed by atoms with Crippen molar-refractivity contribution in [2.24, 2.45) is 0 Å². The van der Waals surface area contributed by atoms with E-state index in [-0.39, 0.29) is 0 Å². The molecule has 0 aliphatic carbocycles. The lowest BCUT2D eigenvalue weighted by Crippen LogP contribution is -2.10. The van der Waals surface area contributed by atoms with E-state index in [0.29, 0.717) is 27.7 Å². The van der Waals surface area contributed by atoms with Gasteiger partial charge in [-0.05, 0) is 60.0 Å². The van der Waals surface area contributed by atoms with Crippen LogP contribution in [0.3, 0.4) is 0 Å². The molecular weight excluding hydrogens is 386 g/mol. The highest BCUT2D eigenvalue weighted by molar-refractivity contribution is 6.30. The number of carbonyl (C=O) groups excluding carboxylic acids is 1. The summed E-state index contributed by atoms with van der Waals surface area (Å²) in [5, 5.41) is 10.1. The lowest BCUT2D eigenvalue weighted by molar-refractivity contribution is 0.0729. The highest BCUT2D eigenvalue weighted by Gasteiger charge is 2.14. The third-order valence-electron chi connectivity index (χ3n) is 4.34. The van der Waals surface area contributed by atoms with Crippen molar-refractivity contribution in [3.63, 3.8) is 0 Å². The molecular formula is C24H18ClNO3. The normalized spacial score (nSPS) is 10.9. The average Bonchev–Trinajstić information content (AvgIpc) is 2.73. The Morgan fingerprint density at radius 3 is 2.41 bits per heavy atom. The molecule has 0 aliphatic rings. The number of halogens is 1. The molecule has 0 aromatic heterocycles. The Labute approximate surface area is 174 Å². The maximum absolute atomic E-state index is 12.5. The Bertz CT molecular complexity index is 1110. The minimum absolute atomic E-state index is 0.308. The van der Waals surface area contributed by atoms with Crippen LogP contribution >= 0.6 is 11.6 Å². The fourth-order valence-electron chi connectivity index (χ4n) is 2.79. The van der Waals surface area contributed by atoms with Crippen LogP contribution in [0.4, 0.5) is 0 Å². The van der Waals surface area contributed by atoms with E-state index in [4.69, 9.17) is 21.1 Å². The summed E-state index contributed by atoms with van der Waals surface area (Å²) in [4.78, 5) is 12.5. The van der Waals surface area contributed by atoms with Gasteiger partial charge in [0.15, 0.2) is 11.5 Å². The van der Waals surface area contributed by atoms with E-state index >= 15 is 0 Å². The molecule has 0 saturated carbocycles. The van der Waals surface area contributed by atoms with Crippen molar-refractivity contribution in [3.8, 4) is 17.6 Å². The third kappa shape index (κ3) is 4.84. The molecule has 3 aromatic rings. The highest BCUT2D eigenvalue weighted by Crippen LogP contribution is 2.31. The minimum atomic E-state index is -0.455. The van der Waals surface area contributed by atoms with Gasteiger partial charge in [0.1, 0.15) is 0 Å². The molecule has 3 aromatic carbocycles. The molecule has 29 heavy (non-hydrogen) atoms. The molecule has 3 rings (SSSR count). The van der Waals surface area contributed by atoms with Crippen LogP contribution < -0.4 is 9.47 Å². The van der Waals surface area contributed by atoms with Crippen LogP contribution in [-0.4, -0.2) is 13.1 Å². The van der Waals surface area contributed by atoms with Crippen molar-refractivity contribution >= 4 is 29.2 Å². The largest absolute Gasteiger partial charge is 0.493 e. The van der Waals surface area contributed by atoms with Gasteiger partial charge < -0.3 is 9.47 Å². The number of allylic oxidation sites excluding steroid dienone is 1. The SMILES string of the molecule is COc1cc(/C=C(/C#N)c2ccc(Cl)cc2)ccc1OC(=O)c1ccccc1C. The summed E-state index contributed by atoms with van der Waals surface area (Å²) in [5.74, 6) is 0.251.